The second kappa shape index (κ2) is 5.11. The molecule has 1 aliphatic carbocycles. The van der Waals surface area contributed by atoms with Gasteiger partial charge in [0.1, 0.15) is 0 Å². The molecular formula is C18H16F3NO. The van der Waals surface area contributed by atoms with E-state index < -0.39 is 11.7 Å². The van der Waals surface area contributed by atoms with Gasteiger partial charge >= 0.3 is 6.18 Å². The van der Waals surface area contributed by atoms with E-state index in [1.807, 2.05) is 26.0 Å². The molecule has 5 heteroatoms. The molecule has 23 heavy (non-hydrogen) atoms. The lowest BCUT2D eigenvalue weighted by Crippen LogP contribution is -2.12. The van der Waals surface area contributed by atoms with Crippen LogP contribution in [0.4, 0.5) is 13.2 Å². The average Bonchev–Trinajstić information content (AvgIpc) is 2.77. The van der Waals surface area contributed by atoms with Gasteiger partial charge in [0.05, 0.1) is 11.3 Å². The number of benzene rings is 2. The molecule has 0 radical (unpaired) electrons. The Morgan fingerprint density at radius 3 is 2.39 bits per heavy atom. The van der Waals surface area contributed by atoms with Crippen molar-refractivity contribution in [1.29, 1.82) is 0 Å². The smallest absolute Gasteiger partial charge is 0.411 e. The van der Waals surface area contributed by atoms with Gasteiger partial charge in [-0.15, -0.1) is 0 Å². The highest BCUT2D eigenvalue weighted by Gasteiger charge is 2.35. The molecule has 0 saturated carbocycles. The van der Waals surface area contributed by atoms with Crippen molar-refractivity contribution in [3.63, 3.8) is 0 Å². The molecular weight excluding hydrogens is 303 g/mol. The van der Waals surface area contributed by atoms with Crippen LogP contribution in [0.15, 0.2) is 47.6 Å². The minimum absolute atomic E-state index is 0.214. The van der Waals surface area contributed by atoms with Crippen LogP contribution < -0.4 is 0 Å². The highest BCUT2D eigenvalue weighted by Crippen LogP contribution is 2.41. The predicted molar refractivity (Wildman–Crippen MR) is 82.8 cm³/mol. The summed E-state index contributed by atoms with van der Waals surface area (Å²) in [6, 6.07) is 10.8. The van der Waals surface area contributed by atoms with Gasteiger partial charge in [-0.2, -0.15) is 13.2 Å². The van der Waals surface area contributed by atoms with Crippen molar-refractivity contribution in [1.82, 2.24) is 0 Å². The van der Waals surface area contributed by atoms with Crippen molar-refractivity contribution in [3.8, 4) is 11.1 Å². The summed E-state index contributed by atoms with van der Waals surface area (Å²) in [5, 5.41) is 12.5. The first-order chi connectivity index (χ1) is 10.7. The van der Waals surface area contributed by atoms with Crippen molar-refractivity contribution in [3.05, 3.63) is 59.2 Å². The van der Waals surface area contributed by atoms with Crippen LogP contribution in [0.1, 0.15) is 37.0 Å². The van der Waals surface area contributed by atoms with E-state index in [1.165, 1.54) is 6.07 Å². The summed E-state index contributed by atoms with van der Waals surface area (Å²) in [6.07, 6.45) is -3.76. The number of oxime groups is 1. The molecule has 2 aromatic carbocycles. The van der Waals surface area contributed by atoms with E-state index in [9.17, 15) is 13.2 Å². The molecule has 0 heterocycles. The third-order valence-corrected chi connectivity index (χ3v) is 4.31. The topological polar surface area (TPSA) is 32.6 Å². The third kappa shape index (κ3) is 2.71. The average molecular weight is 319 g/mol. The molecule has 0 aromatic heterocycles. The standard InChI is InChI=1S/C18H16F3NO/c1-17(2)10-16(22-23)14-7-6-12(9-15(14)17)11-4-3-5-13(8-11)18(19,20)21/h3-9,23H,10H2,1-2H3. The van der Waals surface area contributed by atoms with E-state index in [1.54, 1.807) is 12.1 Å². The zero-order chi connectivity index (χ0) is 16.8. The molecule has 3 rings (SSSR count). The predicted octanol–water partition coefficient (Wildman–Crippen LogP) is 5.23. The zero-order valence-electron chi connectivity index (χ0n) is 12.8. The Hall–Kier alpha value is -2.30. The highest BCUT2D eigenvalue weighted by atomic mass is 19.4. The molecule has 0 atom stereocenters. The van der Waals surface area contributed by atoms with Crippen LogP contribution in [0.2, 0.25) is 0 Å². The van der Waals surface area contributed by atoms with Gasteiger partial charge in [0.25, 0.3) is 0 Å². The number of hydrogen-bond acceptors (Lipinski definition) is 2. The van der Waals surface area contributed by atoms with E-state index >= 15 is 0 Å². The Balaban J connectivity index is 2.11. The van der Waals surface area contributed by atoms with E-state index in [2.05, 4.69) is 5.16 Å². The highest BCUT2D eigenvalue weighted by molar-refractivity contribution is 6.06. The Morgan fingerprint density at radius 2 is 1.74 bits per heavy atom. The van der Waals surface area contributed by atoms with Gasteiger partial charge in [-0.25, -0.2) is 0 Å². The molecule has 0 bridgehead atoms. The summed E-state index contributed by atoms with van der Waals surface area (Å²) in [5.74, 6) is 0. The third-order valence-electron chi connectivity index (χ3n) is 4.31. The molecule has 2 aromatic rings. The van der Waals surface area contributed by atoms with E-state index in [4.69, 9.17) is 5.21 Å². The minimum Gasteiger partial charge on any atom is -0.411 e. The zero-order valence-corrected chi connectivity index (χ0v) is 12.8. The SMILES string of the molecule is CC1(C)CC(=NO)c2ccc(-c3cccc(C(F)(F)F)c3)cc21. The second-order valence-electron chi connectivity index (χ2n) is 6.45. The molecule has 0 unspecified atom stereocenters. The van der Waals surface area contributed by atoms with Crippen molar-refractivity contribution in [2.24, 2.45) is 5.16 Å². The quantitative estimate of drug-likeness (QED) is 0.566. The lowest BCUT2D eigenvalue weighted by atomic mass is 9.85. The maximum absolute atomic E-state index is 12.9. The number of nitrogens with zero attached hydrogens (tertiary/aromatic N) is 1. The van der Waals surface area contributed by atoms with Gasteiger partial charge in [-0.05, 0) is 40.3 Å². The molecule has 0 saturated heterocycles. The largest absolute Gasteiger partial charge is 0.416 e. The summed E-state index contributed by atoms with van der Waals surface area (Å²) in [5.41, 5.74) is 2.82. The Morgan fingerprint density at radius 1 is 1.04 bits per heavy atom. The molecule has 1 N–H and O–H groups in total. The van der Waals surface area contributed by atoms with Crippen molar-refractivity contribution in [2.75, 3.05) is 0 Å². The molecule has 0 spiro atoms. The molecule has 120 valence electrons. The van der Waals surface area contributed by atoms with Crippen molar-refractivity contribution in [2.45, 2.75) is 31.9 Å². The molecule has 0 fully saturated rings. The maximum Gasteiger partial charge on any atom is 0.416 e. The Labute approximate surface area is 132 Å². The Kier molecular flexibility index (Phi) is 3.47. The van der Waals surface area contributed by atoms with Gasteiger partial charge in [0.2, 0.25) is 0 Å². The van der Waals surface area contributed by atoms with E-state index in [0.29, 0.717) is 17.7 Å². The van der Waals surface area contributed by atoms with Crippen molar-refractivity contribution < 1.29 is 18.4 Å². The van der Waals surface area contributed by atoms with Crippen LogP contribution in [-0.2, 0) is 11.6 Å². The number of halogens is 3. The molecule has 1 aliphatic rings. The van der Waals surface area contributed by atoms with Gasteiger partial charge in [-0.3, -0.25) is 0 Å². The fraction of sp³-hybridized carbons (Fsp3) is 0.278. The van der Waals surface area contributed by atoms with Crippen LogP contribution in [-0.4, -0.2) is 10.9 Å². The normalized spacial score (nSPS) is 18.2. The summed E-state index contributed by atoms with van der Waals surface area (Å²) in [6.45, 7) is 4.06. The molecule has 0 aliphatic heterocycles. The van der Waals surface area contributed by atoms with Gasteiger partial charge in [-0.1, -0.05) is 43.3 Å². The first-order valence-electron chi connectivity index (χ1n) is 7.26. The first kappa shape index (κ1) is 15.6. The molecule has 0 amide bonds. The summed E-state index contributed by atoms with van der Waals surface area (Å²) in [4.78, 5) is 0. The van der Waals surface area contributed by atoms with Crippen LogP contribution in [0, 0.1) is 0 Å². The Bertz CT molecular complexity index is 791. The van der Waals surface area contributed by atoms with Crippen LogP contribution in [0.25, 0.3) is 11.1 Å². The summed E-state index contributed by atoms with van der Waals surface area (Å²) in [7, 11) is 0. The van der Waals surface area contributed by atoms with Crippen molar-refractivity contribution >= 4 is 5.71 Å². The number of fused-ring (bicyclic) bond motifs is 1. The second-order valence-corrected chi connectivity index (χ2v) is 6.45. The van der Waals surface area contributed by atoms with Crippen LogP contribution in [0.5, 0.6) is 0 Å². The monoisotopic (exact) mass is 319 g/mol. The lowest BCUT2D eigenvalue weighted by Gasteiger charge is -2.19. The number of hydrogen-bond donors (Lipinski definition) is 1. The van der Waals surface area contributed by atoms with E-state index in [0.717, 1.165) is 28.8 Å². The molecule has 2 nitrogen and oxygen atoms in total. The lowest BCUT2D eigenvalue weighted by molar-refractivity contribution is -0.137. The first-order valence-corrected chi connectivity index (χ1v) is 7.26. The van der Waals surface area contributed by atoms with Gasteiger partial charge in [0.15, 0.2) is 0 Å². The van der Waals surface area contributed by atoms with Gasteiger partial charge < -0.3 is 5.21 Å². The maximum atomic E-state index is 12.9. The van der Waals surface area contributed by atoms with Crippen LogP contribution in [0.3, 0.4) is 0 Å². The fourth-order valence-corrected chi connectivity index (χ4v) is 3.11. The summed E-state index contributed by atoms with van der Waals surface area (Å²) >= 11 is 0. The van der Waals surface area contributed by atoms with Gasteiger partial charge in [0, 0.05) is 12.0 Å². The minimum atomic E-state index is -4.36. The van der Waals surface area contributed by atoms with Crippen LogP contribution >= 0.6 is 0 Å². The summed E-state index contributed by atoms with van der Waals surface area (Å²) < 4.78 is 38.6. The fourth-order valence-electron chi connectivity index (χ4n) is 3.11. The number of rotatable bonds is 1. The van der Waals surface area contributed by atoms with E-state index in [-0.39, 0.29) is 5.41 Å². The number of alkyl halides is 3.